The molecule has 1 saturated heterocycles. The van der Waals surface area contributed by atoms with Gasteiger partial charge >= 0.3 is 0 Å². The molecule has 0 atom stereocenters. The van der Waals surface area contributed by atoms with Crippen LogP contribution >= 0.6 is 0 Å². The summed E-state index contributed by atoms with van der Waals surface area (Å²) in [5, 5.41) is 0. The Morgan fingerprint density at radius 3 is 1.93 bits per heavy atom. The highest BCUT2D eigenvalue weighted by Gasteiger charge is 2.24. The van der Waals surface area contributed by atoms with Gasteiger partial charge in [-0.3, -0.25) is 4.79 Å². The Balaban J connectivity index is 1.23. The summed E-state index contributed by atoms with van der Waals surface area (Å²) in [5.74, 6) is 2.35. The van der Waals surface area contributed by atoms with Crippen molar-refractivity contribution in [3.8, 4) is 11.5 Å². The lowest BCUT2D eigenvalue weighted by molar-refractivity contribution is 0.0661. The molecule has 0 N–H and O–H groups in total. The molecule has 0 unspecified atom stereocenters. The Kier molecular flexibility index (Phi) is 6.65. The van der Waals surface area contributed by atoms with Crippen molar-refractivity contribution in [1.82, 2.24) is 4.90 Å². The first kappa shape index (κ1) is 20.0. The van der Waals surface area contributed by atoms with Gasteiger partial charge in [0.1, 0.15) is 18.1 Å². The zero-order valence-corrected chi connectivity index (χ0v) is 17.1. The van der Waals surface area contributed by atoms with Crippen LogP contribution < -0.4 is 9.47 Å². The summed E-state index contributed by atoms with van der Waals surface area (Å²) in [6.45, 7) is 2.76. The number of benzene rings is 3. The molecule has 4 nitrogen and oxygen atoms in total. The van der Waals surface area contributed by atoms with Gasteiger partial charge in [-0.15, -0.1) is 0 Å². The highest BCUT2D eigenvalue weighted by atomic mass is 16.5. The number of carbonyl (C=O) groups is 1. The Morgan fingerprint density at radius 1 is 0.767 bits per heavy atom. The predicted octanol–water partition coefficient (Wildman–Crippen LogP) is 5.20. The molecular formula is C26H27NO3. The van der Waals surface area contributed by atoms with Crippen molar-refractivity contribution in [2.24, 2.45) is 5.92 Å². The van der Waals surface area contributed by atoms with Crippen LogP contribution in [0.1, 0.15) is 28.8 Å². The third-order valence-electron chi connectivity index (χ3n) is 5.48. The number of para-hydroxylation sites is 2. The summed E-state index contributed by atoms with van der Waals surface area (Å²) in [4.78, 5) is 14.8. The van der Waals surface area contributed by atoms with Crippen LogP contribution in [0.2, 0.25) is 0 Å². The molecular weight excluding hydrogens is 374 g/mol. The van der Waals surface area contributed by atoms with Crippen LogP contribution in [-0.4, -0.2) is 30.5 Å². The normalized spacial score (nSPS) is 14.3. The van der Waals surface area contributed by atoms with E-state index in [0.717, 1.165) is 48.6 Å². The predicted molar refractivity (Wildman–Crippen MR) is 118 cm³/mol. The smallest absolute Gasteiger partial charge is 0.253 e. The maximum Gasteiger partial charge on any atom is 0.253 e. The molecule has 1 heterocycles. The molecule has 4 rings (SSSR count). The zero-order chi connectivity index (χ0) is 20.6. The summed E-state index contributed by atoms with van der Waals surface area (Å²) in [6.07, 6.45) is 1.95. The van der Waals surface area contributed by atoms with E-state index >= 15 is 0 Å². The number of rotatable bonds is 7. The minimum absolute atomic E-state index is 0.105. The second-order valence-electron chi connectivity index (χ2n) is 7.66. The molecule has 0 aromatic heterocycles. The second kappa shape index (κ2) is 9.97. The minimum Gasteiger partial charge on any atom is -0.493 e. The topological polar surface area (TPSA) is 38.8 Å². The number of piperidine rings is 1. The van der Waals surface area contributed by atoms with E-state index in [9.17, 15) is 4.79 Å². The largest absolute Gasteiger partial charge is 0.493 e. The van der Waals surface area contributed by atoms with Crippen molar-refractivity contribution < 1.29 is 14.3 Å². The standard InChI is InChI=1S/C26H27NO3/c28-26(23-13-11-21(12-14-23)19-29-24-7-3-1-4-8-24)27-17-15-22(16-18-27)20-30-25-9-5-2-6-10-25/h1-14,22H,15-20H2. The van der Waals surface area contributed by atoms with Gasteiger partial charge in [-0.25, -0.2) is 0 Å². The molecule has 154 valence electrons. The zero-order valence-electron chi connectivity index (χ0n) is 17.1. The van der Waals surface area contributed by atoms with Crippen molar-refractivity contribution in [2.75, 3.05) is 19.7 Å². The minimum atomic E-state index is 0.105. The summed E-state index contributed by atoms with van der Waals surface area (Å²) in [5.41, 5.74) is 1.78. The molecule has 1 fully saturated rings. The molecule has 0 aliphatic carbocycles. The van der Waals surface area contributed by atoms with Gasteiger partial charge in [0.2, 0.25) is 0 Å². The van der Waals surface area contributed by atoms with Crippen molar-refractivity contribution in [2.45, 2.75) is 19.4 Å². The van der Waals surface area contributed by atoms with Gasteiger partial charge in [0.05, 0.1) is 6.61 Å². The van der Waals surface area contributed by atoms with Crippen LogP contribution in [0.15, 0.2) is 84.9 Å². The van der Waals surface area contributed by atoms with E-state index in [1.807, 2.05) is 89.8 Å². The highest BCUT2D eigenvalue weighted by molar-refractivity contribution is 5.94. The van der Waals surface area contributed by atoms with Crippen molar-refractivity contribution >= 4 is 5.91 Å². The molecule has 4 heteroatoms. The molecule has 30 heavy (non-hydrogen) atoms. The van der Waals surface area contributed by atoms with E-state index in [4.69, 9.17) is 9.47 Å². The molecule has 0 radical (unpaired) electrons. The van der Waals surface area contributed by atoms with Crippen LogP contribution in [0.4, 0.5) is 0 Å². The van der Waals surface area contributed by atoms with Gasteiger partial charge in [-0.05, 0) is 60.7 Å². The molecule has 0 spiro atoms. The van der Waals surface area contributed by atoms with Crippen molar-refractivity contribution in [1.29, 1.82) is 0 Å². The Bertz CT molecular complexity index is 918. The van der Waals surface area contributed by atoms with E-state index in [1.54, 1.807) is 0 Å². The Hall–Kier alpha value is -3.27. The molecule has 3 aromatic carbocycles. The first-order valence-electron chi connectivity index (χ1n) is 10.5. The molecule has 0 saturated carbocycles. The van der Waals surface area contributed by atoms with Gasteiger partial charge in [0.25, 0.3) is 5.91 Å². The Labute approximate surface area is 178 Å². The van der Waals surface area contributed by atoms with Gasteiger partial charge in [0, 0.05) is 18.7 Å². The molecule has 1 amide bonds. The fraction of sp³-hybridized carbons (Fsp3) is 0.269. The van der Waals surface area contributed by atoms with Crippen molar-refractivity contribution in [3.05, 3.63) is 96.1 Å². The maximum atomic E-state index is 12.8. The SMILES string of the molecule is O=C(c1ccc(COc2ccccc2)cc1)N1CCC(COc2ccccc2)CC1. The van der Waals surface area contributed by atoms with E-state index < -0.39 is 0 Å². The quantitative estimate of drug-likeness (QED) is 0.546. The van der Waals surface area contributed by atoms with E-state index in [0.29, 0.717) is 19.1 Å². The van der Waals surface area contributed by atoms with E-state index in [-0.39, 0.29) is 5.91 Å². The van der Waals surface area contributed by atoms with Gasteiger partial charge in [-0.1, -0.05) is 48.5 Å². The number of carbonyl (C=O) groups excluding carboxylic acids is 1. The number of amides is 1. The average molecular weight is 402 g/mol. The van der Waals surface area contributed by atoms with Crippen LogP contribution in [0, 0.1) is 5.92 Å². The molecule has 0 bridgehead atoms. The number of hydrogen-bond acceptors (Lipinski definition) is 3. The lowest BCUT2D eigenvalue weighted by atomic mass is 9.97. The van der Waals surface area contributed by atoms with Crippen LogP contribution in [0.25, 0.3) is 0 Å². The van der Waals surface area contributed by atoms with E-state index in [1.165, 1.54) is 0 Å². The van der Waals surface area contributed by atoms with Crippen LogP contribution in [0.3, 0.4) is 0 Å². The third kappa shape index (κ3) is 5.41. The fourth-order valence-corrected chi connectivity index (χ4v) is 3.64. The maximum absolute atomic E-state index is 12.8. The Morgan fingerprint density at radius 2 is 1.33 bits per heavy atom. The van der Waals surface area contributed by atoms with Crippen molar-refractivity contribution in [3.63, 3.8) is 0 Å². The van der Waals surface area contributed by atoms with Gasteiger partial charge < -0.3 is 14.4 Å². The molecule has 1 aliphatic heterocycles. The lowest BCUT2D eigenvalue weighted by Crippen LogP contribution is -2.39. The highest BCUT2D eigenvalue weighted by Crippen LogP contribution is 2.21. The third-order valence-corrected chi connectivity index (χ3v) is 5.48. The molecule has 1 aliphatic rings. The molecule has 3 aromatic rings. The monoisotopic (exact) mass is 401 g/mol. The number of hydrogen-bond donors (Lipinski definition) is 0. The summed E-state index contributed by atoms with van der Waals surface area (Å²) in [6, 6.07) is 27.4. The fourth-order valence-electron chi connectivity index (χ4n) is 3.64. The summed E-state index contributed by atoms with van der Waals surface area (Å²) in [7, 11) is 0. The van der Waals surface area contributed by atoms with Crippen LogP contribution in [0.5, 0.6) is 11.5 Å². The number of ether oxygens (including phenoxy) is 2. The van der Waals surface area contributed by atoms with E-state index in [2.05, 4.69) is 0 Å². The lowest BCUT2D eigenvalue weighted by Gasteiger charge is -2.32. The number of likely N-dealkylation sites (tertiary alicyclic amines) is 1. The second-order valence-corrected chi connectivity index (χ2v) is 7.66. The first-order chi connectivity index (χ1) is 14.8. The first-order valence-corrected chi connectivity index (χ1v) is 10.5. The summed E-state index contributed by atoms with van der Waals surface area (Å²) < 4.78 is 11.6. The van der Waals surface area contributed by atoms with Gasteiger partial charge in [0.15, 0.2) is 0 Å². The van der Waals surface area contributed by atoms with Gasteiger partial charge in [-0.2, -0.15) is 0 Å². The number of nitrogens with zero attached hydrogens (tertiary/aromatic N) is 1. The average Bonchev–Trinajstić information content (AvgIpc) is 2.83. The summed E-state index contributed by atoms with van der Waals surface area (Å²) >= 11 is 0. The van der Waals surface area contributed by atoms with Crippen LogP contribution in [-0.2, 0) is 6.61 Å².